The molecule has 0 aromatic heterocycles. The van der Waals surface area contributed by atoms with Gasteiger partial charge in [0.25, 0.3) is 0 Å². The van der Waals surface area contributed by atoms with Gasteiger partial charge in [-0.15, -0.1) is 0 Å². The van der Waals surface area contributed by atoms with E-state index in [0.29, 0.717) is 37.8 Å². The topological polar surface area (TPSA) is 60.9 Å². The van der Waals surface area contributed by atoms with Crippen LogP contribution in [0.25, 0.3) is 0 Å². The number of carboxylic acid groups (broad SMARTS) is 1. The summed E-state index contributed by atoms with van der Waals surface area (Å²) in [4.78, 5) is 27.6. The van der Waals surface area contributed by atoms with E-state index in [2.05, 4.69) is 27.7 Å². The molecule has 0 aliphatic carbocycles. The molecule has 1 N–H and O–H groups in total. The molecule has 0 radical (unpaired) electrons. The van der Waals surface area contributed by atoms with E-state index < -0.39 is 11.4 Å². The Hall–Kier alpha value is -1.26. The first kappa shape index (κ1) is 17.8. The van der Waals surface area contributed by atoms with Crippen molar-refractivity contribution in [3.05, 3.63) is 0 Å². The maximum Gasteiger partial charge on any atom is 0.320 e. The Labute approximate surface area is 128 Å². The fourth-order valence-corrected chi connectivity index (χ4v) is 2.72. The van der Waals surface area contributed by atoms with Gasteiger partial charge in [-0.05, 0) is 31.6 Å². The molecule has 1 aliphatic rings. The van der Waals surface area contributed by atoms with Crippen LogP contribution in [0.4, 0.5) is 4.79 Å². The van der Waals surface area contributed by atoms with Gasteiger partial charge in [0.1, 0.15) is 0 Å². The summed E-state index contributed by atoms with van der Waals surface area (Å²) in [5, 5.41) is 9.26. The second kappa shape index (κ2) is 7.14. The summed E-state index contributed by atoms with van der Waals surface area (Å²) >= 11 is 0. The first-order chi connectivity index (χ1) is 9.65. The lowest BCUT2D eigenvalue weighted by atomic mass is 9.80. The number of nitrogens with zero attached hydrogens (tertiary/aromatic N) is 2. The fourth-order valence-electron chi connectivity index (χ4n) is 2.72. The van der Waals surface area contributed by atoms with Crippen LogP contribution in [0.3, 0.4) is 0 Å². The first-order valence-corrected chi connectivity index (χ1v) is 7.93. The maximum atomic E-state index is 12.7. The number of hydrogen-bond donors (Lipinski definition) is 1. The zero-order valence-corrected chi connectivity index (χ0v) is 14.1. The van der Waals surface area contributed by atoms with Gasteiger partial charge in [0.05, 0.1) is 5.41 Å². The number of likely N-dealkylation sites (tertiary alicyclic amines) is 1. The number of amides is 2. The average Bonchev–Trinajstić information content (AvgIpc) is 2.36. The largest absolute Gasteiger partial charge is 0.481 e. The third-order valence-corrected chi connectivity index (χ3v) is 4.10. The van der Waals surface area contributed by atoms with Crippen molar-refractivity contribution in [1.29, 1.82) is 0 Å². The van der Waals surface area contributed by atoms with E-state index in [9.17, 15) is 14.7 Å². The number of aliphatic carboxylic acids is 1. The van der Waals surface area contributed by atoms with E-state index in [1.807, 2.05) is 9.80 Å². The Kier molecular flexibility index (Phi) is 6.05. The highest BCUT2D eigenvalue weighted by Gasteiger charge is 2.38. The molecule has 122 valence electrons. The number of carbonyl (C=O) groups excluding carboxylic acids is 1. The van der Waals surface area contributed by atoms with Crippen molar-refractivity contribution in [3.8, 4) is 0 Å². The second-order valence-electron chi connectivity index (χ2n) is 7.33. The van der Waals surface area contributed by atoms with Gasteiger partial charge in [0.15, 0.2) is 0 Å². The maximum absolute atomic E-state index is 12.7. The van der Waals surface area contributed by atoms with Crippen LogP contribution in [0.5, 0.6) is 0 Å². The molecule has 0 aromatic rings. The van der Waals surface area contributed by atoms with Crippen LogP contribution in [-0.4, -0.2) is 53.1 Å². The lowest BCUT2D eigenvalue weighted by Gasteiger charge is -2.39. The summed E-state index contributed by atoms with van der Waals surface area (Å²) < 4.78 is 0. The van der Waals surface area contributed by atoms with Crippen molar-refractivity contribution in [2.45, 2.75) is 47.5 Å². The molecule has 0 bridgehead atoms. The van der Waals surface area contributed by atoms with Crippen molar-refractivity contribution in [1.82, 2.24) is 9.80 Å². The minimum atomic E-state index is -0.754. The number of hydrogen-bond acceptors (Lipinski definition) is 2. The molecular weight excluding hydrogens is 268 g/mol. The van der Waals surface area contributed by atoms with E-state index in [-0.39, 0.29) is 6.03 Å². The van der Waals surface area contributed by atoms with Crippen LogP contribution in [0.1, 0.15) is 47.5 Å². The van der Waals surface area contributed by atoms with Gasteiger partial charge in [-0.2, -0.15) is 0 Å². The van der Waals surface area contributed by atoms with E-state index >= 15 is 0 Å². The Morgan fingerprint density at radius 3 is 1.86 bits per heavy atom. The summed E-state index contributed by atoms with van der Waals surface area (Å²) in [6.45, 7) is 12.8. The lowest BCUT2D eigenvalue weighted by Crippen LogP contribution is -2.51. The molecule has 0 atom stereocenters. The number of piperidine rings is 1. The monoisotopic (exact) mass is 298 g/mol. The number of carbonyl (C=O) groups is 2. The van der Waals surface area contributed by atoms with Crippen LogP contribution < -0.4 is 0 Å². The highest BCUT2D eigenvalue weighted by molar-refractivity contribution is 5.77. The number of carboxylic acids is 1. The molecule has 1 rings (SSSR count). The zero-order valence-electron chi connectivity index (χ0n) is 14.1. The zero-order chi connectivity index (χ0) is 16.2. The van der Waals surface area contributed by atoms with Crippen LogP contribution >= 0.6 is 0 Å². The van der Waals surface area contributed by atoms with Crippen LogP contribution in [-0.2, 0) is 4.79 Å². The lowest BCUT2D eigenvalue weighted by molar-refractivity contribution is -0.150. The van der Waals surface area contributed by atoms with Crippen LogP contribution in [0.15, 0.2) is 0 Å². The quantitative estimate of drug-likeness (QED) is 0.849. The second-order valence-corrected chi connectivity index (χ2v) is 7.33. The smallest absolute Gasteiger partial charge is 0.320 e. The molecular formula is C16H30N2O3. The molecule has 0 aromatic carbocycles. The molecule has 5 heteroatoms. The first-order valence-electron chi connectivity index (χ1n) is 7.93. The summed E-state index contributed by atoms with van der Waals surface area (Å²) in [7, 11) is 0. The van der Waals surface area contributed by atoms with E-state index in [0.717, 1.165) is 13.1 Å². The minimum absolute atomic E-state index is 0.0600. The van der Waals surface area contributed by atoms with Gasteiger partial charge >= 0.3 is 12.0 Å². The molecule has 5 nitrogen and oxygen atoms in total. The van der Waals surface area contributed by atoms with Crippen molar-refractivity contribution in [2.24, 2.45) is 17.3 Å². The summed E-state index contributed by atoms with van der Waals surface area (Å²) in [6.07, 6.45) is 1.07. The Balaban J connectivity index is 2.67. The summed E-state index contributed by atoms with van der Waals surface area (Å²) in [5.41, 5.74) is -0.683. The standard InChI is InChI=1S/C16H30N2O3/c1-12(2)10-18(11-13(3)4)15(21)17-8-6-16(5,7-9-17)14(19)20/h12-13H,6-11H2,1-5H3,(H,19,20). The Morgan fingerprint density at radius 2 is 1.52 bits per heavy atom. The van der Waals surface area contributed by atoms with Gasteiger partial charge in [-0.3, -0.25) is 4.79 Å². The molecule has 1 saturated heterocycles. The average molecular weight is 298 g/mol. The molecule has 0 unspecified atom stereocenters. The van der Waals surface area contributed by atoms with Gasteiger partial charge in [-0.1, -0.05) is 27.7 Å². The van der Waals surface area contributed by atoms with Crippen molar-refractivity contribution in [2.75, 3.05) is 26.2 Å². The highest BCUT2D eigenvalue weighted by Crippen LogP contribution is 2.31. The van der Waals surface area contributed by atoms with Gasteiger partial charge in [-0.25, -0.2) is 4.79 Å². The summed E-state index contributed by atoms with van der Waals surface area (Å²) in [6, 6.07) is 0.0600. The molecule has 0 saturated carbocycles. The predicted octanol–water partition coefficient (Wildman–Crippen LogP) is 2.91. The van der Waals surface area contributed by atoms with Gasteiger partial charge in [0, 0.05) is 26.2 Å². The van der Waals surface area contributed by atoms with Crippen molar-refractivity contribution >= 4 is 12.0 Å². The van der Waals surface area contributed by atoms with Crippen molar-refractivity contribution < 1.29 is 14.7 Å². The molecule has 21 heavy (non-hydrogen) atoms. The van der Waals surface area contributed by atoms with E-state index in [1.165, 1.54) is 0 Å². The molecule has 0 spiro atoms. The number of rotatable bonds is 5. The van der Waals surface area contributed by atoms with E-state index in [1.54, 1.807) is 6.92 Å². The van der Waals surface area contributed by atoms with Crippen molar-refractivity contribution in [3.63, 3.8) is 0 Å². The third kappa shape index (κ3) is 4.90. The molecule has 1 aliphatic heterocycles. The molecule has 2 amide bonds. The van der Waals surface area contributed by atoms with Gasteiger partial charge in [0.2, 0.25) is 0 Å². The Morgan fingerprint density at radius 1 is 1.10 bits per heavy atom. The molecule has 1 heterocycles. The SMILES string of the molecule is CC(C)CN(CC(C)C)C(=O)N1CCC(C)(C(=O)O)CC1. The fraction of sp³-hybridized carbons (Fsp3) is 0.875. The predicted molar refractivity (Wildman–Crippen MR) is 83.2 cm³/mol. The normalized spacial score (nSPS) is 18.1. The third-order valence-electron chi connectivity index (χ3n) is 4.10. The van der Waals surface area contributed by atoms with E-state index in [4.69, 9.17) is 0 Å². The van der Waals surface area contributed by atoms with Crippen LogP contribution in [0.2, 0.25) is 0 Å². The van der Waals surface area contributed by atoms with Crippen LogP contribution in [0, 0.1) is 17.3 Å². The van der Waals surface area contributed by atoms with Gasteiger partial charge < -0.3 is 14.9 Å². The Bertz CT molecular complexity index is 362. The summed E-state index contributed by atoms with van der Waals surface area (Å²) in [5.74, 6) is 0.111. The minimum Gasteiger partial charge on any atom is -0.481 e. The highest BCUT2D eigenvalue weighted by atomic mass is 16.4. The molecule has 1 fully saturated rings. The number of urea groups is 1.